The number of amides is 1. The Kier molecular flexibility index (Phi) is 7.34. The number of hydrogen-bond acceptors (Lipinski definition) is 4. The highest BCUT2D eigenvalue weighted by Gasteiger charge is 2.28. The Morgan fingerprint density at radius 1 is 0.947 bits per heavy atom. The van der Waals surface area contributed by atoms with Gasteiger partial charge in [0.2, 0.25) is 5.91 Å². The Labute approximate surface area is 117 Å². The molecule has 112 valence electrons. The highest BCUT2D eigenvalue weighted by atomic mass is 16.2. The van der Waals surface area contributed by atoms with E-state index in [1.165, 1.54) is 0 Å². The average Bonchev–Trinajstić information content (AvgIpc) is 2.23. The molecule has 0 aromatic carbocycles. The molecule has 5 nitrogen and oxygen atoms in total. The molecule has 1 aliphatic heterocycles. The van der Waals surface area contributed by atoms with Crippen LogP contribution in [0.5, 0.6) is 0 Å². The number of rotatable bonds is 9. The first kappa shape index (κ1) is 16.4. The number of nitrogens with zero attached hydrogens (tertiary/aromatic N) is 3. The molecule has 0 unspecified atom stereocenters. The van der Waals surface area contributed by atoms with Crippen LogP contribution in [0.2, 0.25) is 0 Å². The summed E-state index contributed by atoms with van der Waals surface area (Å²) in [5.74, 6) is 0.565. The number of carbonyl (C=O) groups is 1. The van der Waals surface area contributed by atoms with Gasteiger partial charge in [0.25, 0.3) is 0 Å². The van der Waals surface area contributed by atoms with Crippen LogP contribution in [0, 0.1) is 5.92 Å². The van der Waals surface area contributed by atoms with Crippen molar-refractivity contribution in [2.75, 3.05) is 67.5 Å². The zero-order chi connectivity index (χ0) is 14.3. The van der Waals surface area contributed by atoms with Gasteiger partial charge in [-0.1, -0.05) is 0 Å². The Balaban J connectivity index is 2.34. The maximum atomic E-state index is 12.3. The monoisotopic (exact) mass is 270 g/mol. The molecule has 1 rings (SSSR count). The molecule has 1 heterocycles. The van der Waals surface area contributed by atoms with Crippen LogP contribution < -0.4 is 5.32 Å². The van der Waals surface area contributed by atoms with E-state index in [0.717, 1.165) is 52.1 Å². The summed E-state index contributed by atoms with van der Waals surface area (Å²) in [6.45, 7) is 5.58. The largest absolute Gasteiger partial charge is 0.342 e. The van der Waals surface area contributed by atoms with Gasteiger partial charge in [0.1, 0.15) is 0 Å². The summed E-state index contributed by atoms with van der Waals surface area (Å²) < 4.78 is 0. The standard InChI is InChI=1S/C14H30N4O/c1-16(2)7-5-9-18(10-6-8-17(3)4)14(19)13-11-15-12-13/h13,15H,5-12H2,1-4H3. The van der Waals surface area contributed by atoms with Crippen LogP contribution in [0.3, 0.4) is 0 Å². The molecule has 19 heavy (non-hydrogen) atoms. The van der Waals surface area contributed by atoms with Crippen LogP contribution in [0.1, 0.15) is 12.8 Å². The van der Waals surface area contributed by atoms with Crippen LogP contribution in [-0.2, 0) is 4.79 Å². The fourth-order valence-corrected chi connectivity index (χ4v) is 2.21. The maximum absolute atomic E-state index is 12.3. The minimum absolute atomic E-state index is 0.221. The molecule has 0 saturated carbocycles. The van der Waals surface area contributed by atoms with Crippen molar-refractivity contribution in [2.45, 2.75) is 12.8 Å². The molecule has 0 aromatic rings. The maximum Gasteiger partial charge on any atom is 0.228 e. The molecule has 1 saturated heterocycles. The van der Waals surface area contributed by atoms with Crippen LogP contribution in [0.25, 0.3) is 0 Å². The Morgan fingerprint density at radius 2 is 1.42 bits per heavy atom. The normalized spacial score (nSPS) is 15.9. The predicted molar refractivity (Wildman–Crippen MR) is 79.3 cm³/mol. The third-order valence-electron chi connectivity index (χ3n) is 3.51. The molecule has 0 radical (unpaired) electrons. The quantitative estimate of drug-likeness (QED) is 0.637. The zero-order valence-electron chi connectivity index (χ0n) is 13.0. The van der Waals surface area contributed by atoms with Gasteiger partial charge in [-0.2, -0.15) is 0 Å². The van der Waals surface area contributed by atoms with Crippen LogP contribution in [-0.4, -0.2) is 88.1 Å². The fraction of sp³-hybridized carbons (Fsp3) is 0.929. The van der Waals surface area contributed by atoms with Crippen molar-refractivity contribution >= 4 is 5.91 Å². The van der Waals surface area contributed by atoms with E-state index in [9.17, 15) is 4.79 Å². The Morgan fingerprint density at radius 3 is 1.74 bits per heavy atom. The third-order valence-corrected chi connectivity index (χ3v) is 3.51. The van der Waals surface area contributed by atoms with Crippen molar-refractivity contribution in [2.24, 2.45) is 5.92 Å². The van der Waals surface area contributed by atoms with Gasteiger partial charge in [0.15, 0.2) is 0 Å². The number of nitrogens with one attached hydrogen (secondary N) is 1. The van der Waals surface area contributed by atoms with Gasteiger partial charge >= 0.3 is 0 Å². The summed E-state index contributed by atoms with van der Waals surface area (Å²) in [6.07, 6.45) is 2.11. The van der Waals surface area contributed by atoms with Crippen molar-refractivity contribution in [1.82, 2.24) is 20.0 Å². The first-order chi connectivity index (χ1) is 9.00. The summed E-state index contributed by atoms with van der Waals surface area (Å²) >= 11 is 0. The van der Waals surface area contributed by atoms with Crippen LogP contribution in [0.4, 0.5) is 0 Å². The molecule has 0 aromatic heterocycles. The van der Waals surface area contributed by atoms with Gasteiger partial charge in [-0.05, 0) is 54.1 Å². The first-order valence-corrected chi connectivity index (χ1v) is 7.29. The third kappa shape index (κ3) is 6.36. The Bertz CT molecular complexity index is 250. The van der Waals surface area contributed by atoms with Crippen molar-refractivity contribution in [3.63, 3.8) is 0 Å². The molecule has 0 aliphatic carbocycles. The van der Waals surface area contributed by atoms with E-state index >= 15 is 0 Å². The van der Waals surface area contributed by atoms with E-state index in [1.54, 1.807) is 0 Å². The fourth-order valence-electron chi connectivity index (χ4n) is 2.21. The summed E-state index contributed by atoms with van der Waals surface area (Å²) in [5.41, 5.74) is 0. The van der Waals surface area contributed by atoms with Gasteiger partial charge in [-0.3, -0.25) is 4.79 Å². The zero-order valence-corrected chi connectivity index (χ0v) is 13.0. The van der Waals surface area contributed by atoms with E-state index in [1.807, 2.05) is 0 Å². The smallest absolute Gasteiger partial charge is 0.228 e. The van der Waals surface area contributed by atoms with Crippen molar-refractivity contribution in [3.05, 3.63) is 0 Å². The average molecular weight is 270 g/mol. The SMILES string of the molecule is CN(C)CCCN(CCCN(C)C)C(=O)C1CNC1. The first-order valence-electron chi connectivity index (χ1n) is 7.29. The second-order valence-corrected chi connectivity index (χ2v) is 5.99. The highest BCUT2D eigenvalue weighted by Crippen LogP contribution is 2.09. The molecular weight excluding hydrogens is 240 g/mol. The van der Waals surface area contributed by atoms with E-state index in [4.69, 9.17) is 0 Å². The van der Waals surface area contributed by atoms with Gasteiger partial charge in [0.05, 0.1) is 5.92 Å². The molecular formula is C14H30N4O. The van der Waals surface area contributed by atoms with Crippen LogP contribution in [0.15, 0.2) is 0 Å². The summed E-state index contributed by atoms with van der Waals surface area (Å²) in [6, 6.07) is 0. The molecule has 0 atom stereocenters. The van der Waals surface area contributed by atoms with Gasteiger partial charge in [0, 0.05) is 26.2 Å². The van der Waals surface area contributed by atoms with Crippen molar-refractivity contribution < 1.29 is 4.79 Å². The van der Waals surface area contributed by atoms with Crippen molar-refractivity contribution in [3.8, 4) is 0 Å². The lowest BCUT2D eigenvalue weighted by atomic mass is 10.0. The second kappa shape index (κ2) is 8.51. The molecule has 1 aliphatic rings. The van der Waals surface area contributed by atoms with Crippen molar-refractivity contribution in [1.29, 1.82) is 0 Å². The highest BCUT2D eigenvalue weighted by molar-refractivity contribution is 5.80. The second-order valence-electron chi connectivity index (χ2n) is 5.99. The Hall–Kier alpha value is -0.650. The lowest BCUT2D eigenvalue weighted by Crippen LogP contribution is -2.52. The van der Waals surface area contributed by atoms with Crippen LogP contribution >= 0.6 is 0 Å². The lowest BCUT2D eigenvalue weighted by Gasteiger charge is -2.33. The van der Waals surface area contributed by atoms with E-state index in [-0.39, 0.29) is 5.92 Å². The molecule has 1 N–H and O–H groups in total. The van der Waals surface area contributed by atoms with E-state index < -0.39 is 0 Å². The molecule has 5 heteroatoms. The van der Waals surface area contributed by atoms with Gasteiger partial charge < -0.3 is 20.0 Å². The van der Waals surface area contributed by atoms with E-state index in [2.05, 4.69) is 48.2 Å². The predicted octanol–water partition coefficient (Wildman–Crippen LogP) is -0.0622. The number of carbonyl (C=O) groups excluding carboxylic acids is 1. The molecule has 1 amide bonds. The summed E-state index contributed by atoms with van der Waals surface area (Å²) in [4.78, 5) is 18.8. The molecule has 0 spiro atoms. The lowest BCUT2D eigenvalue weighted by molar-refractivity contribution is -0.137. The van der Waals surface area contributed by atoms with Gasteiger partial charge in [-0.25, -0.2) is 0 Å². The summed E-state index contributed by atoms with van der Waals surface area (Å²) in [7, 11) is 8.31. The minimum Gasteiger partial charge on any atom is -0.342 e. The topological polar surface area (TPSA) is 38.8 Å². The molecule has 1 fully saturated rings. The number of hydrogen-bond donors (Lipinski definition) is 1. The van der Waals surface area contributed by atoms with E-state index in [0.29, 0.717) is 5.91 Å². The molecule has 0 bridgehead atoms. The minimum atomic E-state index is 0.221. The summed E-state index contributed by atoms with van der Waals surface area (Å²) in [5, 5.41) is 3.18. The van der Waals surface area contributed by atoms with Gasteiger partial charge in [-0.15, -0.1) is 0 Å².